The van der Waals surface area contributed by atoms with Crippen LogP contribution in [0.15, 0.2) is 40.1 Å². The second-order valence-electron chi connectivity index (χ2n) is 8.16. The molecule has 8 nitrogen and oxygen atoms in total. The first-order valence-electron chi connectivity index (χ1n) is 10.5. The highest BCUT2D eigenvalue weighted by atomic mass is 32.2. The fourth-order valence-corrected chi connectivity index (χ4v) is 4.53. The summed E-state index contributed by atoms with van der Waals surface area (Å²) in [5.41, 5.74) is 2.18. The van der Waals surface area contributed by atoms with E-state index < -0.39 is 0 Å². The Kier molecular flexibility index (Phi) is 5.13. The fraction of sp³-hybridized carbons (Fsp3) is 0.409. The Bertz CT molecular complexity index is 1130. The normalized spacial score (nSPS) is 18.3. The summed E-state index contributed by atoms with van der Waals surface area (Å²) in [6, 6.07) is 8.00. The van der Waals surface area contributed by atoms with Crippen molar-refractivity contribution >= 4 is 29.2 Å². The lowest BCUT2D eigenvalue weighted by molar-refractivity contribution is 0.0988. The number of thioether (sulfide) groups is 1. The second kappa shape index (κ2) is 7.96. The monoisotopic (exact) mass is 436 g/mol. The van der Waals surface area contributed by atoms with Crippen molar-refractivity contribution in [3.05, 3.63) is 41.9 Å². The van der Waals surface area contributed by atoms with Crippen LogP contribution in [0.3, 0.4) is 0 Å². The molecule has 0 aliphatic carbocycles. The van der Waals surface area contributed by atoms with Crippen molar-refractivity contribution in [2.45, 2.75) is 43.8 Å². The van der Waals surface area contributed by atoms with Gasteiger partial charge in [0, 0.05) is 42.5 Å². The number of hydrogen-bond donors (Lipinski definition) is 0. The molecule has 2 aliphatic rings. The van der Waals surface area contributed by atoms with Gasteiger partial charge in [0.2, 0.25) is 11.7 Å². The lowest BCUT2D eigenvalue weighted by Crippen LogP contribution is -2.39. The van der Waals surface area contributed by atoms with Gasteiger partial charge in [0.25, 0.3) is 5.91 Å². The summed E-state index contributed by atoms with van der Waals surface area (Å²) in [6.45, 7) is 5.54. The molecule has 5 rings (SSSR count). The summed E-state index contributed by atoms with van der Waals surface area (Å²) in [5.74, 6) is 1.97. The van der Waals surface area contributed by atoms with Crippen LogP contribution in [-0.4, -0.2) is 51.4 Å². The van der Waals surface area contributed by atoms with E-state index in [4.69, 9.17) is 9.51 Å². The number of rotatable bonds is 4. The molecule has 2 aromatic heterocycles. The molecule has 1 aromatic carbocycles. The van der Waals surface area contributed by atoms with E-state index in [0.717, 1.165) is 36.5 Å². The minimum absolute atomic E-state index is 0.0785. The predicted molar refractivity (Wildman–Crippen MR) is 120 cm³/mol. The van der Waals surface area contributed by atoms with Crippen molar-refractivity contribution in [1.82, 2.24) is 20.1 Å². The second-order valence-corrected chi connectivity index (χ2v) is 8.93. The first kappa shape index (κ1) is 20.0. The Morgan fingerprint density at radius 3 is 2.90 bits per heavy atom. The first-order valence-corrected chi connectivity index (χ1v) is 11.7. The minimum atomic E-state index is -0.0785. The van der Waals surface area contributed by atoms with Crippen LogP contribution >= 0.6 is 11.8 Å². The van der Waals surface area contributed by atoms with Crippen LogP contribution in [0.2, 0.25) is 0 Å². The van der Waals surface area contributed by atoms with Gasteiger partial charge in [0.05, 0.1) is 0 Å². The molecule has 9 heteroatoms. The first-order chi connectivity index (χ1) is 15.0. The Morgan fingerprint density at radius 1 is 1.26 bits per heavy atom. The van der Waals surface area contributed by atoms with Crippen molar-refractivity contribution < 1.29 is 9.32 Å². The van der Waals surface area contributed by atoms with Gasteiger partial charge in [0.1, 0.15) is 11.4 Å². The molecule has 31 heavy (non-hydrogen) atoms. The quantitative estimate of drug-likeness (QED) is 0.448. The largest absolute Gasteiger partial charge is 0.351 e. The Labute approximate surface area is 185 Å². The van der Waals surface area contributed by atoms with Gasteiger partial charge in [-0.3, -0.25) is 4.79 Å². The molecule has 0 unspecified atom stereocenters. The molecule has 4 heterocycles. The van der Waals surface area contributed by atoms with Crippen LogP contribution in [-0.2, 0) is 0 Å². The van der Waals surface area contributed by atoms with E-state index >= 15 is 0 Å². The molecule has 0 radical (unpaired) electrons. The minimum Gasteiger partial charge on any atom is -0.351 e. The molecule has 2 aliphatic heterocycles. The SMILES string of the molecule is CSc1ncc2c(n1)N1CCC[C@H]1CN(c1cccc(-c3noc(C(C)C)n3)c1)C2=O. The van der Waals surface area contributed by atoms with Crippen molar-refractivity contribution in [3.8, 4) is 11.4 Å². The maximum atomic E-state index is 13.6. The highest BCUT2D eigenvalue weighted by Crippen LogP contribution is 2.35. The molecule has 3 aromatic rings. The molecule has 1 fully saturated rings. The van der Waals surface area contributed by atoms with Gasteiger partial charge in [-0.2, -0.15) is 4.98 Å². The topological polar surface area (TPSA) is 88.2 Å². The van der Waals surface area contributed by atoms with E-state index in [2.05, 4.69) is 20.0 Å². The average molecular weight is 437 g/mol. The van der Waals surface area contributed by atoms with Gasteiger partial charge in [-0.1, -0.05) is 42.9 Å². The zero-order valence-corrected chi connectivity index (χ0v) is 18.6. The smallest absolute Gasteiger partial charge is 0.263 e. The summed E-state index contributed by atoms with van der Waals surface area (Å²) in [5, 5.41) is 4.81. The standard InChI is InChI=1S/C22H24N6O2S/c1-13(2)20-24-18(26-30-20)14-6-4-7-15(10-14)28-12-16-8-5-9-27(16)19-17(21(28)29)11-23-22(25-19)31-3/h4,6-7,10-11,13,16H,5,8-9,12H2,1-3H3/t16-/m0/s1. The zero-order valence-electron chi connectivity index (χ0n) is 17.8. The van der Waals surface area contributed by atoms with Crippen LogP contribution in [0, 0.1) is 0 Å². The van der Waals surface area contributed by atoms with E-state index in [9.17, 15) is 4.79 Å². The van der Waals surface area contributed by atoms with Crippen LogP contribution in [0.1, 0.15) is 48.9 Å². The number of benzene rings is 1. The summed E-state index contributed by atoms with van der Waals surface area (Å²) in [6.07, 6.45) is 5.74. The van der Waals surface area contributed by atoms with Gasteiger partial charge in [-0.25, -0.2) is 9.97 Å². The van der Waals surface area contributed by atoms with E-state index in [1.807, 2.05) is 49.3 Å². The lowest BCUT2D eigenvalue weighted by Gasteiger charge is -2.27. The number of amides is 1. The van der Waals surface area contributed by atoms with E-state index in [0.29, 0.717) is 29.0 Å². The molecule has 0 saturated carbocycles. The summed E-state index contributed by atoms with van der Waals surface area (Å²) < 4.78 is 5.37. The average Bonchev–Trinajstić information content (AvgIpc) is 3.45. The number of anilines is 2. The predicted octanol–water partition coefficient (Wildman–Crippen LogP) is 4.00. The molecule has 1 amide bonds. The summed E-state index contributed by atoms with van der Waals surface area (Å²) >= 11 is 1.49. The van der Waals surface area contributed by atoms with Crippen molar-refractivity contribution in [1.29, 1.82) is 0 Å². The van der Waals surface area contributed by atoms with Gasteiger partial charge in [-0.05, 0) is 31.2 Å². The number of fused-ring (bicyclic) bond motifs is 3. The van der Waals surface area contributed by atoms with Crippen LogP contribution in [0.5, 0.6) is 0 Å². The van der Waals surface area contributed by atoms with Gasteiger partial charge in [-0.15, -0.1) is 0 Å². The van der Waals surface area contributed by atoms with Gasteiger partial charge in [0.15, 0.2) is 5.16 Å². The van der Waals surface area contributed by atoms with Crippen molar-refractivity contribution in [3.63, 3.8) is 0 Å². The Balaban J connectivity index is 1.54. The summed E-state index contributed by atoms with van der Waals surface area (Å²) in [7, 11) is 0. The third kappa shape index (κ3) is 3.56. The maximum absolute atomic E-state index is 13.6. The number of carbonyl (C=O) groups excluding carboxylic acids is 1. The number of hydrogen-bond acceptors (Lipinski definition) is 8. The Hall–Kier alpha value is -2.94. The number of aromatic nitrogens is 4. The van der Waals surface area contributed by atoms with Crippen LogP contribution < -0.4 is 9.80 Å². The van der Waals surface area contributed by atoms with E-state index in [1.54, 1.807) is 6.20 Å². The van der Waals surface area contributed by atoms with E-state index in [-0.39, 0.29) is 17.9 Å². The van der Waals surface area contributed by atoms with E-state index in [1.165, 1.54) is 11.8 Å². The highest BCUT2D eigenvalue weighted by Gasteiger charge is 2.37. The van der Waals surface area contributed by atoms with Crippen LogP contribution in [0.4, 0.5) is 11.5 Å². The molecule has 1 atom stereocenters. The molecule has 0 spiro atoms. The molecule has 0 bridgehead atoms. The molecule has 160 valence electrons. The fourth-order valence-electron chi connectivity index (χ4n) is 4.19. The highest BCUT2D eigenvalue weighted by molar-refractivity contribution is 7.98. The third-order valence-corrected chi connectivity index (χ3v) is 6.36. The number of carbonyl (C=O) groups is 1. The van der Waals surface area contributed by atoms with Gasteiger partial charge < -0.3 is 14.3 Å². The van der Waals surface area contributed by atoms with Crippen molar-refractivity contribution in [2.75, 3.05) is 29.1 Å². The van der Waals surface area contributed by atoms with Gasteiger partial charge >= 0.3 is 0 Å². The Morgan fingerprint density at radius 2 is 2.13 bits per heavy atom. The molecule has 0 N–H and O–H groups in total. The molecule has 1 saturated heterocycles. The summed E-state index contributed by atoms with van der Waals surface area (Å²) in [4.78, 5) is 31.2. The van der Waals surface area contributed by atoms with Crippen LogP contribution in [0.25, 0.3) is 11.4 Å². The zero-order chi connectivity index (χ0) is 21.5. The number of nitrogens with zero attached hydrogens (tertiary/aromatic N) is 6. The third-order valence-electron chi connectivity index (χ3n) is 5.80. The molecular formula is C22H24N6O2S. The van der Waals surface area contributed by atoms with Crippen molar-refractivity contribution in [2.24, 2.45) is 0 Å². The maximum Gasteiger partial charge on any atom is 0.263 e. The lowest BCUT2D eigenvalue weighted by atomic mass is 10.1. The molecular weight excluding hydrogens is 412 g/mol.